The van der Waals surface area contributed by atoms with Gasteiger partial charge in [0.05, 0.1) is 22.7 Å². The maximum absolute atomic E-state index is 13.4. The molecule has 0 unspecified atom stereocenters. The molecule has 190 valence electrons. The van der Waals surface area contributed by atoms with Crippen molar-refractivity contribution in [3.63, 3.8) is 0 Å². The summed E-state index contributed by atoms with van der Waals surface area (Å²) in [4.78, 5) is 12.6. The van der Waals surface area contributed by atoms with Crippen LogP contribution in [0.15, 0.2) is 77.7 Å². The number of nitrogens with zero attached hydrogens (tertiary/aromatic N) is 1. The molecule has 0 aliphatic carbocycles. The first-order chi connectivity index (χ1) is 17.0. The van der Waals surface area contributed by atoms with Crippen molar-refractivity contribution >= 4 is 21.6 Å². The summed E-state index contributed by atoms with van der Waals surface area (Å²) in [6.07, 6.45) is -5.22. The summed E-state index contributed by atoms with van der Waals surface area (Å²) < 4.78 is 78.8. The highest BCUT2D eigenvalue weighted by molar-refractivity contribution is 7.92. The molecule has 11 heteroatoms. The largest absolute Gasteiger partial charge is 0.486 e. The molecule has 1 amide bonds. The average molecular weight is 521 g/mol. The minimum Gasteiger partial charge on any atom is -0.486 e. The molecule has 4 rings (SSSR count). The molecule has 0 saturated heterocycles. The number of para-hydroxylation sites is 2. The summed E-state index contributed by atoms with van der Waals surface area (Å²) in [7, 11) is -4.36. The Bertz CT molecular complexity index is 1340. The third kappa shape index (κ3) is 5.73. The predicted molar refractivity (Wildman–Crippen MR) is 127 cm³/mol. The molecule has 1 heterocycles. The Hall–Kier alpha value is -3.73. The fraction of sp³-hybridized carbons (Fsp3) is 0.240. The van der Waals surface area contributed by atoms with Gasteiger partial charge in [0.15, 0.2) is 11.5 Å². The molecule has 36 heavy (non-hydrogen) atoms. The highest BCUT2D eigenvalue weighted by Gasteiger charge is 2.33. The Morgan fingerprint density at radius 3 is 2.42 bits per heavy atom. The van der Waals surface area contributed by atoms with Crippen LogP contribution in [-0.4, -0.2) is 40.1 Å². The van der Waals surface area contributed by atoms with E-state index in [0.717, 1.165) is 17.7 Å². The van der Waals surface area contributed by atoms with E-state index in [0.29, 0.717) is 21.9 Å². The maximum atomic E-state index is 13.4. The second kappa shape index (κ2) is 10.1. The fourth-order valence-corrected chi connectivity index (χ4v) is 4.98. The van der Waals surface area contributed by atoms with Gasteiger partial charge in [0.25, 0.3) is 10.0 Å². The summed E-state index contributed by atoms with van der Waals surface area (Å²) in [5.74, 6) is 0.362. The highest BCUT2D eigenvalue weighted by Crippen LogP contribution is 2.33. The van der Waals surface area contributed by atoms with Gasteiger partial charge in [-0.15, -0.1) is 0 Å². The Labute approximate surface area is 206 Å². The number of fused-ring (bicyclic) bond motifs is 1. The average Bonchev–Trinajstić information content (AvgIpc) is 2.85. The van der Waals surface area contributed by atoms with Gasteiger partial charge >= 0.3 is 6.18 Å². The number of amides is 1. The van der Waals surface area contributed by atoms with Crippen molar-refractivity contribution in [3.05, 3.63) is 83.9 Å². The van der Waals surface area contributed by atoms with Crippen LogP contribution in [0.4, 0.5) is 18.9 Å². The number of anilines is 1. The zero-order chi connectivity index (χ0) is 25.9. The lowest BCUT2D eigenvalue weighted by Gasteiger charge is -2.28. The molecule has 1 atom stereocenters. The Morgan fingerprint density at radius 1 is 1.03 bits per heavy atom. The molecular formula is C25H23F3N2O5S. The number of rotatable bonds is 7. The molecule has 0 aromatic heterocycles. The maximum Gasteiger partial charge on any atom is 0.416 e. The van der Waals surface area contributed by atoms with Gasteiger partial charge in [0, 0.05) is 0 Å². The van der Waals surface area contributed by atoms with Gasteiger partial charge in [-0.3, -0.25) is 9.10 Å². The number of nitrogens with one attached hydrogen (secondary N) is 1. The van der Waals surface area contributed by atoms with Gasteiger partial charge in [-0.2, -0.15) is 13.2 Å². The van der Waals surface area contributed by atoms with Crippen molar-refractivity contribution in [2.45, 2.75) is 24.1 Å². The van der Waals surface area contributed by atoms with Crippen LogP contribution in [0.5, 0.6) is 11.5 Å². The van der Waals surface area contributed by atoms with E-state index < -0.39 is 40.3 Å². The molecule has 7 nitrogen and oxygen atoms in total. The molecule has 1 aliphatic rings. The van der Waals surface area contributed by atoms with Gasteiger partial charge in [-0.1, -0.05) is 35.9 Å². The highest BCUT2D eigenvalue weighted by atomic mass is 32.2. The zero-order valence-electron chi connectivity index (χ0n) is 19.2. The lowest BCUT2D eigenvalue weighted by Crippen LogP contribution is -2.45. The number of carbonyl (C=O) groups excluding carboxylic acids is 1. The number of aryl methyl sites for hydroxylation is 1. The van der Waals surface area contributed by atoms with E-state index in [1.165, 1.54) is 18.2 Å². The molecule has 0 bridgehead atoms. The molecule has 1 N–H and O–H groups in total. The van der Waals surface area contributed by atoms with Crippen molar-refractivity contribution in [1.29, 1.82) is 0 Å². The monoisotopic (exact) mass is 520 g/mol. The van der Waals surface area contributed by atoms with Crippen LogP contribution < -0.4 is 19.1 Å². The lowest BCUT2D eigenvalue weighted by atomic mass is 10.2. The molecule has 0 spiro atoms. The van der Waals surface area contributed by atoms with Crippen LogP contribution in [0.1, 0.15) is 11.1 Å². The number of hydrogen-bond acceptors (Lipinski definition) is 5. The van der Waals surface area contributed by atoms with E-state index >= 15 is 0 Å². The Morgan fingerprint density at radius 2 is 1.72 bits per heavy atom. The van der Waals surface area contributed by atoms with E-state index in [9.17, 15) is 26.4 Å². The minimum atomic E-state index is -4.69. The van der Waals surface area contributed by atoms with Crippen LogP contribution >= 0.6 is 0 Å². The number of alkyl halides is 3. The lowest BCUT2D eigenvalue weighted by molar-refractivity contribution is -0.137. The number of hydrogen-bond donors (Lipinski definition) is 1. The van der Waals surface area contributed by atoms with Crippen LogP contribution in [0.3, 0.4) is 0 Å². The van der Waals surface area contributed by atoms with Gasteiger partial charge < -0.3 is 14.8 Å². The van der Waals surface area contributed by atoms with Gasteiger partial charge in [0.2, 0.25) is 5.91 Å². The second-order valence-electron chi connectivity index (χ2n) is 8.17. The summed E-state index contributed by atoms with van der Waals surface area (Å²) in [5.41, 5.74) is -0.517. The molecular weight excluding hydrogens is 497 g/mol. The summed E-state index contributed by atoms with van der Waals surface area (Å²) in [5, 5.41) is 2.59. The quantitative estimate of drug-likeness (QED) is 0.506. The third-order valence-corrected chi connectivity index (χ3v) is 7.24. The van der Waals surface area contributed by atoms with E-state index in [1.54, 1.807) is 43.3 Å². The first-order valence-corrected chi connectivity index (χ1v) is 12.4. The molecule has 0 fully saturated rings. The smallest absolute Gasteiger partial charge is 0.416 e. The van der Waals surface area contributed by atoms with Gasteiger partial charge in [-0.25, -0.2) is 8.42 Å². The zero-order valence-corrected chi connectivity index (χ0v) is 20.0. The number of sulfonamides is 1. The van der Waals surface area contributed by atoms with Crippen molar-refractivity contribution < 1.29 is 35.9 Å². The predicted octanol–water partition coefficient (Wildman–Crippen LogP) is 4.17. The standard InChI is InChI=1S/C25H23F3N2O5S/c1-17-9-11-21(12-10-17)36(32,33)30(19-6-4-5-18(13-19)25(26,27)28)15-24(31)29-14-20-16-34-22-7-2-3-8-23(22)35-20/h2-13,20H,14-16H2,1H3,(H,29,31)/t20-/m0/s1. The molecule has 1 aliphatic heterocycles. The number of ether oxygens (including phenoxy) is 2. The van der Waals surface area contributed by atoms with Crippen molar-refractivity contribution in [2.75, 3.05) is 24.0 Å². The van der Waals surface area contributed by atoms with Gasteiger partial charge in [0.1, 0.15) is 19.3 Å². The van der Waals surface area contributed by atoms with Crippen LogP contribution in [0.2, 0.25) is 0 Å². The fourth-order valence-electron chi connectivity index (χ4n) is 3.57. The summed E-state index contributed by atoms with van der Waals surface area (Å²) in [6.45, 7) is 1.20. The second-order valence-corrected chi connectivity index (χ2v) is 10.0. The SMILES string of the molecule is Cc1ccc(S(=O)(=O)N(CC(=O)NC[C@H]2COc3ccccc3O2)c2cccc(C(F)(F)F)c2)cc1. The van der Waals surface area contributed by atoms with E-state index in [4.69, 9.17) is 9.47 Å². The first-order valence-electron chi connectivity index (χ1n) is 11.0. The molecule has 0 saturated carbocycles. The number of benzene rings is 3. The van der Waals surface area contributed by atoms with E-state index in [1.807, 2.05) is 0 Å². The number of carbonyl (C=O) groups is 1. The minimum absolute atomic E-state index is 0.00811. The van der Waals surface area contributed by atoms with Crippen LogP contribution in [0, 0.1) is 6.92 Å². The van der Waals surface area contributed by atoms with E-state index in [-0.39, 0.29) is 23.7 Å². The first kappa shape index (κ1) is 25.4. The normalized spacial score (nSPS) is 15.3. The van der Waals surface area contributed by atoms with Crippen molar-refractivity contribution in [1.82, 2.24) is 5.32 Å². The summed E-state index contributed by atoms with van der Waals surface area (Å²) in [6, 6.07) is 16.7. The van der Waals surface area contributed by atoms with E-state index in [2.05, 4.69) is 5.32 Å². The van der Waals surface area contributed by atoms with Gasteiger partial charge in [-0.05, 0) is 49.4 Å². The molecule has 3 aromatic carbocycles. The number of halogens is 3. The summed E-state index contributed by atoms with van der Waals surface area (Å²) >= 11 is 0. The molecule has 0 radical (unpaired) electrons. The van der Waals surface area contributed by atoms with Crippen molar-refractivity contribution in [2.24, 2.45) is 0 Å². The Balaban J connectivity index is 1.55. The third-order valence-electron chi connectivity index (χ3n) is 5.45. The van der Waals surface area contributed by atoms with Crippen molar-refractivity contribution in [3.8, 4) is 11.5 Å². The van der Waals surface area contributed by atoms with Crippen LogP contribution in [-0.2, 0) is 21.0 Å². The topological polar surface area (TPSA) is 84.9 Å². The Kier molecular flexibility index (Phi) is 7.11. The van der Waals surface area contributed by atoms with Crippen LogP contribution in [0.25, 0.3) is 0 Å². The molecule has 3 aromatic rings.